The first-order chi connectivity index (χ1) is 11.7. The number of likely N-dealkylation sites (N-methyl/N-ethyl adjacent to an activating group) is 1. The summed E-state index contributed by atoms with van der Waals surface area (Å²) < 4.78 is 5.35. The molecule has 6 nitrogen and oxygen atoms in total. The van der Waals surface area contributed by atoms with E-state index >= 15 is 0 Å². The van der Waals surface area contributed by atoms with Gasteiger partial charge in [0, 0.05) is 18.2 Å². The largest absolute Gasteiger partial charge is 0.496 e. The Labute approximate surface area is 142 Å². The number of aromatic amines is 1. The topological polar surface area (TPSA) is 70.2 Å². The molecule has 1 aromatic carbocycles. The average Bonchev–Trinajstić information content (AvgIpc) is 3.28. The van der Waals surface area contributed by atoms with Crippen LogP contribution in [0.3, 0.4) is 0 Å². The van der Waals surface area contributed by atoms with E-state index in [1.54, 1.807) is 13.2 Å². The van der Waals surface area contributed by atoms with Gasteiger partial charge in [-0.1, -0.05) is 19.1 Å². The van der Waals surface area contributed by atoms with Gasteiger partial charge in [-0.25, -0.2) is 0 Å². The van der Waals surface area contributed by atoms with Gasteiger partial charge in [0.2, 0.25) is 0 Å². The van der Waals surface area contributed by atoms with E-state index in [-0.39, 0.29) is 5.91 Å². The third-order valence-electron chi connectivity index (χ3n) is 4.61. The minimum Gasteiger partial charge on any atom is -0.496 e. The highest BCUT2D eigenvalue weighted by Gasteiger charge is 2.23. The van der Waals surface area contributed by atoms with Crippen molar-refractivity contribution in [2.75, 3.05) is 26.7 Å². The van der Waals surface area contributed by atoms with E-state index in [0.717, 1.165) is 30.8 Å². The van der Waals surface area contributed by atoms with E-state index in [4.69, 9.17) is 4.74 Å². The summed E-state index contributed by atoms with van der Waals surface area (Å²) in [5, 5.41) is 10.1. The van der Waals surface area contributed by atoms with Crippen molar-refractivity contribution in [1.29, 1.82) is 0 Å². The van der Waals surface area contributed by atoms with Gasteiger partial charge in [-0.15, -0.1) is 0 Å². The van der Waals surface area contributed by atoms with E-state index in [1.807, 2.05) is 24.3 Å². The second kappa shape index (κ2) is 7.49. The molecule has 2 aromatic rings. The number of nitrogens with zero attached hydrogens (tertiary/aromatic N) is 2. The van der Waals surface area contributed by atoms with Gasteiger partial charge < -0.3 is 10.1 Å². The Hall–Kier alpha value is -2.34. The molecule has 3 rings (SSSR count). The predicted molar refractivity (Wildman–Crippen MR) is 93.2 cm³/mol. The van der Waals surface area contributed by atoms with E-state index in [0.29, 0.717) is 24.0 Å². The summed E-state index contributed by atoms with van der Waals surface area (Å²) in [7, 11) is 1.63. The van der Waals surface area contributed by atoms with E-state index < -0.39 is 0 Å². The predicted octanol–water partition coefficient (Wildman–Crippen LogP) is 2.30. The fraction of sp³-hybridized carbons (Fsp3) is 0.444. The van der Waals surface area contributed by atoms with E-state index in [1.165, 1.54) is 6.42 Å². The van der Waals surface area contributed by atoms with Crippen molar-refractivity contribution in [2.24, 2.45) is 0 Å². The molecular formula is C18H24N4O2. The second-order valence-corrected chi connectivity index (χ2v) is 6.00. The molecule has 0 saturated carbocycles. The molecule has 0 spiro atoms. The Morgan fingerprint density at radius 2 is 2.29 bits per heavy atom. The Balaban J connectivity index is 1.65. The highest BCUT2D eigenvalue weighted by Crippen LogP contribution is 2.28. The summed E-state index contributed by atoms with van der Waals surface area (Å²) in [6, 6.07) is 9.84. The Morgan fingerprint density at radius 3 is 3.08 bits per heavy atom. The molecule has 6 heteroatoms. The van der Waals surface area contributed by atoms with Crippen LogP contribution in [0.15, 0.2) is 30.3 Å². The first kappa shape index (κ1) is 16.5. The molecule has 24 heavy (non-hydrogen) atoms. The molecular weight excluding hydrogens is 304 g/mol. The fourth-order valence-electron chi connectivity index (χ4n) is 3.28. The number of ether oxygens (including phenoxy) is 1. The Morgan fingerprint density at radius 1 is 1.46 bits per heavy atom. The highest BCUT2D eigenvalue weighted by molar-refractivity contribution is 5.93. The summed E-state index contributed by atoms with van der Waals surface area (Å²) in [5.74, 6) is 0.618. The maximum absolute atomic E-state index is 12.4. The molecule has 1 fully saturated rings. The summed E-state index contributed by atoms with van der Waals surface area (Å²) in [6.45, 7) is 4.99. The number of hydrogen-bond donors (Lipinski definition) is 2. The maximum atomic E-state index is 12.4. The molecule has 0 unspecified atom stereocenters. The zero-order chi connectivity index (χ0) is 16.9. The smallest absolute Gasteiger partial charge is 0.269 e. The van der Waals surface area contributed by atoms with Gasteiger partial charge in [0.15, 0.2) is 0 Å². The number of rotatable bonds is 6. The maximum Gasteiger partial charge on any atom is 0.269 e. The van der Waals surface area contributed by atoms with Crippen LogP contribution in [-0.2, 0) is 0 Å². The van der Waals surface area contributed by atoms with Gasteiger partial charge in [-0.05, 0) is 44.1 Å². The molecule has 0 aliphatic carbocycles. The van der Waals surface area contributed by atoms with Crippen LogP contribution in [0.5, 0.6) is 5.75 Å². The zero-order valence-electron chi connectivity index (χ0n) is 14.2. The van der Waals surface area contributed by atoms with E-state index in [2.05, 4.69) is 27.3 Å². The summed E-state index contributed by atoms with van der Waals surface area (Å²) in [6.07, 6.45) is 2.35. The minimum atomic E-state index is -0.119. The number of nitrogens with one attached hydrogen (secondary N) is 2. The number of para-hydroxylation sites is 1. The van der Waals surface area contributed by atoms with Crippen molar-refractivity contribution in [3.8, 4) is 17.0 Å². The van der Waals surface area contributed by atoms with Gasteiger partial charge >= 0.3 is 0 Å². The molecule has 0 bridgehead atoms. The molecule has 1 aliphatic heterocycles. The molecule has 2 N–H and O–H groups in total. The summed E-state index contributed by atoms with van der Waals surface area (Å²) >= 11 is 0. The van der Waals surface area contributed by atoms with Crippen LogP contribution < -0.4 is 10.1 Å². The first-order valence-corrected chi connectivity index (χ1v) is 8.44. The van der Waals surface area contributed by atoms with Crippen LogP contribution in [0.25, 0.3) is 11.3 Å². The van der Waals surface area contributed by atoms with Crippen LogP contribution in [0, 0.1) is 0 Å². The lowest BCUT2D eigenvalue weighted by Gasteiger charge is -2.22. The van der Waals surface area contributed by atoms with Crippen LogP contribution in [-0.4, -0.2) is 53.8 Å². The second-order valence-electron chi connectivity index (χ2n) is 6.00. The molecule has 1 aliphatic rings. The van der Waals surface area contributed by atoms with Gasteiger partial charge in [0.05, 0.1) is 12.8 Å². The van der Waals surface area contributed by atoms with Crippen molar-refractivity contribution in [2.45, 2.75) is 25.8 Å². The number of benzene rings is 1. The molecule has 1 saturated heterocycles. The molecule has 0 radical (unpaired) electrons. The van der Waals surface area contributed by atoms with Gasteiger partial charge in [-0.3, -0.25) is 14.8 Å². The van der Waals surface area contributed by atoms with Crippen molar-refractivity contribution in [3.05, 3.63) is 36.0 Å². The van der Waals surface area contributed by atoms with Crippen molar-refractivity contribution >= 4 is 5.91 Å². The Kier molecular flexibility index (Phi) is 5.15. The third-order valence-corrected chi connectivity index (χ3v) is 4.61. The van der Waals surface area contributed by atoms with Crippen molar-refractivity contribution in [1.82, 2.24) is 20.4 Å². The lowest BCUT2D eigenvalue weighted by Crippen LogP contribution is -2.40. The standard InChI is InChI=1S/C18H24N4O2/c1-3-22-10-6-7-13(22)12-19-18(23)16-11-15(20-21-16)14-8-4-5-9-17(14)24-2/h4-5,8-9,11,13H,3,6-7,10,12H2,1-2H3,(H,19,23)(H,20,21)/t13-/m1/s1. The third kappa shape index (κ3) is 3.43. The van der Waals surface area contributed by atoms with Gasteiger partial charge in [-0.2, -0.15) is 5.10 Å². The van der Waals surface area contributed by atoms with Crippen molar-refractivity contribution in [3.63, 3.8) is 0 Å². The first-order valence-electron chi connectivity index (χ1n) is 8.44. The number of H-pyrrole nitrogens is 1. The van der Waals surface area contributed by atoms with Crippen LogP contribution >= 0.6 is 0 Å². The molecule has 2 heterocycles. The number of likely N-dealkylation sites (tertiary alicyclic amines) is 1. The van der Waals surface area contributed by atoms with Gasteiger partial charge in [0.25, 0.3) is 5.91 Å². The zero-order valence-corrected chi connectivity index (χ0v) is 14.2. The lowest BCUT2D eigenvalue weighted by molar-refractivity contribution is 0.0936. The van der Waals surface area contributed by atoms with Crippen LogP contribution in [0.4, 0.5) is 0 Å². The van der Waals surface area contributed by atoms with Crippen molar-refractivity contribution < 1.29 is 9.53 Å². The van der Waals surface area contributed by atoms with Crippen LogP contribution in [0.2, 0.25) is 0 Å². The number of methoxy groups -OCH3 is 1. The lowest BCUT2D eigenvalue weighted by atomic mass is 10.1. The quantitative estimate of drug-likeness (QED) is 0.854. The number of carbonyl (C=O) groups is 1. The van der Waals surface area contributed by atoms with Gasteiger partial charge in [0.1, 0.15) is 11.4 Å². The summed E-state index contributed by atoms with van der Waals surface area (Å²) in [4.78, 5) is 14.8. The SMILES string of the molecule is CCN1CCC[C@@H]1CNC(=O)c1cc(-c2ccccc2OC)n[nH]1. The monoisotopic (exact) mass is 328 g/mol. The highest BCUT2D eigenvalue weighted by atomic mass is 16.5. The Bertz CT molecular complexity index is 698. The number of aromatic nitrogens is 2. The minimum absolute atomic E-state index is 0.119. The summed E-state index contributed by atoms with van der Waals surface area (Å²) in [5.41, 5.74) is 2.04. The molecule has 1 amide bonds. The number of amides is 1. The number of hydrogen-bond acceptors (Lipinski definition) is 4. The average molecular weight is 328 g/mol. The molecule has 128 valence electrons. The molecule has 1 atom stereocenters. The normalized spacial score (nSPS) is 17.8. The molecule has 1 aromatic heterocycles. The van der Waals surface area contributed by atoms with Crippen LogP contribution in [0.1, 0.15) is 30.3 Å². The number of carbonyl (C=O) groups excluding carboxylic acids is 1. The fourth-order valence-corrected chi connectivity index (χ4v) is 3.28. The van der Waals surface area contributed by atoms with E-state index in [9.17, 15) is 4.79 Å².